The number of H-pyrrole nitrogens is 1. The molecule has 138 valence electrons. The van der Waals surface area contributed by atoms with E-state index in [0.29, 0.717) is 17.7 Å². The molecule has 0 radical (unpaired) electrons. The number of fused-ring (bicyclic) bond motifs is 5. The molecule has 6 nitrogen and oxygen atoms in total. The number of aromatic nitrogens is 3. The van der Waals surface area contributed by atoms with E-state index in [1.54, 1.807) is 18.6 Å². The van der Waals surface area contributed by atoms with Crippen LogP contribution in [0, 0.1) is 5.92 Å². The zero-order chi connectivity index (χ0) is 18.2. The Morgan fingerprint density at radius 2 is 2.11 bits per heavy atom. The number of carbonyl (C=O) groups excluding carboxylic acids is 1. The molecule has 1 aromatic carbocycles. The van der Waals surface area contributed by atoms with Gasteiger partial charge < -0.3 is 9.88 Å². The normalized spacial score (nSPS) is 22.9. The van der Waals surface area contributed by atoms with Crippen molar-refractivity contribution in [1.82, 2.24) is 24.8 Å². The van der Waals surface area contributed by atoms with Gasteiger partial charge in [-0.25, -0.2) is 4.98 Å². The maximum absolute atomic E-state index is 12.9. The van der Waals surface area contributed by atoms with E-state index >= 15 is 0 Å². The molecule has 2 aromatic heterocycles. The smallest absolute Gasteiger partial charge is 0.274 e. The highest BCUT2D eigenvalue weighted by atomic mass is 16.2. The van der Waals surface area contributed by atoms with Crippen LogP contribution in [0.2, 0.25) is 0 Å². The van der Waals surface area contributed by atoms with Crippen molar-refractivity contribution in [2.24, 2.45) is 5.92 Å². The average molecular weight is 361 g/mol. The van der Waals surface area contributed by atoms with Crippen LogP contribution in [0.15, 0.2) is 49.1 Å². The summed E-state index contributed by atoms with van der Waals surface area (Å²) in [4.78, 5) is 28.9. The lowest BCUT2D eigenvalue weighted by Crippen LogP contribution is -2.44. The van der Waals surface area contributed by atoms with Crippen molar-refractivity contribution in [3.63, 3.8) is 0 Å². The van der Waals surface area contributed by atoms with E-state index in [1.807, 2.05) is 11.1 Å². The number of rotatable bonds is 3. The van der Waals surface area contributed by atoms with Crippen LogP contribution in [-0.4, -0.2) is 56.3 Å². The molecular formula is C21H23N5O. The molecule has 27 heavy (non-hydrogen) atoms. The highest BCUT2D eigenvalue weighted by Gasteiger charge is 2.36. The highest BCUT2D eigenvalue weighted by molar-refractivity contribution is 5.92. The fourth-order valence-corrected chi connectivity index (χ4v) is 4.55. The van der Waals surface area contributed by atoms with Crippen molar-refractivity contribution in [1.29, 1.82) is 0 Å². The molecule has 0 saturated carbocycles. The van der Waals surface area contributed by atoms with Crippen LogP contribution in [-0.2, 0) is 6.54 Å². The molecular weight excluding hydrogens is 338 g/mol. The molecule has 2 atom stereocenters. The summed E-state index contributed by atoms with van der Waals surface area (Å²) in [6.07, 6.45) is 9.09. The molecule has 1 N–H and O–H groups in total. The second kappa shape index (κ2) is 6.78. The number of hydrogen-bond acceptors (Lipinski definition) is 4. The van der Waals surface area contributed by atoms with Gasteiger partial charge in [0.1, 0.15) is 5.69 Å². The number of aromatic amines is 1. The van der Waals surface area contributed by atoms with Gasteiger partial charge in [-0.15, -0.1) is 0 Å². The van der Waals surface area contributed by atoms with Crippen molar-refractivity contribution in [3.8, 4) is 0 Å². The third-order valence-corrected chi connectivity index (χ3v) is 5.90. The quantitative estimate of drug-likeness (QED) is 0.779. The van der Waals surface area contributed by atoms with Crippen LogP contribution in [0.25, 0.3) is 10.9 Å². The molecule has 0 aliphatic carbocycles. The summed E-state index contributed by atoms with van der Waals surface area (Å²) >= 11 is 0. The van der Waals surface area contributed by atoms with Crippen LogP contribution in [0.1, 0.15) is 28.9 Å². The fraction of sp³-hybridized carbons (Fsp3) is 0.381. The summed E-state index contributed by atoms with van der Waals surface area (Å²) in [6.45, 7) is 3.59. The predicted molar refractivity (Wildman–Crippen MR) is 103 cm³/mol. The SMILES string of the molecule is O=C(c1cnccn1)N1C[C@@H]2CC[C@H](C1)N(Cc1ccc3[nH]ccc3c1)C2. The molecule has 2 bridgehead atoms. The standard InChI is InChI=1S/C21H23N5O/c27-21(20-10-22-7-8-24-20)26-13-16-1-3-18(14-26)25(12-16)11-15-2-4-19-17(9-15)5-6-23-19/h2,4-10,16,18,23H,1,3,11-14H2/t16-,18-/m1/s1. The second-order valence-electron chi connectivity index (χ2n) is 7.73. The number of piperidine rings is 1. The topological polar surface area (TPSA) is 65.1 Å². The van der Waals surface area contributed by atoms with Gasteiger partial charge in [0.25, 0.3) is 5.91 Å². The van der Waals surface area contributed by atoms with Gasteiger partial charge in [0.2, 0.25) is 0 Å². The van der Waals surface area contributed by atoms with Crippen LogP contribution in [0.5, 0.6) is 0 Å². The molecule has 3 aromatic rings. The van der Waals surface area contributed by atoms with E-state index in [4.69, 9.17) is 0 Å². The Morgan fingerprint density at radius 3 is 3.00 bits per heavy atom. The Bertz CT molecular complexity index is 953. The van der Waals surface area contributed by atoms with Crippen molar-refractivity contribution >= 4 is 16.8 Å². The maximum atomic E-state index is 12.9. The van der Waals surface area contributed by atoms with Crippen molar-refractivity contribution in [3.05, 3.63) is 60.3 Å². The fourth-order valence-electron chi connectivity index (χ4n) is 4.55. The number of carbonyl (C=O) groups is 1. The van der Waals surface area contributed by atoms with Crippen LogP contribution < -0.4 is 0 Å². The van der Waals surface area contributed by atoms with Crippen molar-refractivity contribution in [2.75, 3.05) is 19.6 Å². The van der Waals surface area contributed by atoms with Gasteiger partial charge in [0.15, 0.2) is 0 Å². The molecule has 1 amide bonds. The molecule has 3 aliphatic heterocycles. The van der Waals surface area contributed by atoms with Crippen molar-refractivity contribution < 1.29 is 4.79 Å². The summed E-state index contributed by atoms with van der Waals surface area (Å²) in [7, 11) is 0. The zero-order valence-corrected chi connectivity index (χ0v) is 15.2. The second-order valence-corrected chi connectivity index (χ2v) is 7.73. The molecule has 0 unspecified atom stereocenters. The predicted octanol–water partition coefficient (Wildman–Crippen LogP) is 2.69. The number of nitrogens with zero attached hydrogens (tertiary/aromatic N) is 4. The van der Waals surface area contributed by atoms with Crippen LogP contribution >= 0.6 is 0 Å². The van der Waals surface area contributed by atoms with Gasteiger partial charge in [-0.2, -0.15) is 0 Å². The molecule has 5 heterocycles. The lowest BCUT2D eigenvalue weighted by Gasteiger charge is -2.36. The van der Waals surface area contributed by atoms with Crippen LogP contribution in [0.3, 0.4) is 0 Å². The Hall–Kier alpha value is -2.73. The first-order valence-corrected chi connectivity index (χ1v) is 9.61. The van der Waals surface area contributed by atoms with Crippen molar-refractivity contribution in [2.45, 2.75) is 25.4 Å². The van der Waals surface area contributed by atoms with Gasteiger partial charge in [0.05, 0.1) is 6.20 Å². The Balaban J connectivity index is 1.34. The summed E-state index contributed by atoms with van der Waals surface area (Å²) in [5.74, 6) is 0.538. The average Bonchev–Trinajstić information content (AvgIpc) is 2.98. The number of benzene rings is 1. The minimum atomic E-state index is 0.00981. The Morgan fingerprint density at radius 1 is 1.15 bits per heavy atom. The third-order valence-electron chi connectivity index (χ3n) is 5.90. The van der Waals surface area contributed by atoms with Crippen LogP contribution in [0.4, 0.5) is 0 Å². The van der Waals surface area contributed by atoms with Gasteiger partial charge in [0, 0.05) is 56.3 Å². The first-order chi connectivity index (χ1) is 13.3. The Labute approximate surface area is 158 Å². The molecule has 6 rings (SSSR count). The summed E-state index contributed by atoms with van der Waals surface area (Å²) in [6, 6.07) is 9.16. The van der Waals surface area contributed by atoms with E-state index in [0.717, 1.165) is 32.6 Å². The van der Waals surface area contributed by atoms with Gasteiger partial charge in [-0.05, 0) is 47.9 Å². The maximum Gasteiger partial charge on any atom is 0.274 e. The summed E-state index contributed by atoms with van der Waals surface area (Å²) < 4.78 is 0. The number of amides is 1. The monoisotopic (exact) mass is 361 g/mol. The molecule has 0 spiro atoms. The van der Waals surface area contributed by atoms with Gasteiger partial charge in [-0.1, -0.05) is 6.07 Å². The minimum absolute atomic E-state index is 0.00981. The molecule has 3 fully saturated rings. The Kier molecular flexibility index (Phi) is 4.13. The molecule has 3 saturated heterocycles. The van der Waals surface area contributed by atoms with Gasteiger partial charge >= 0.3 is 0 Å². The van der Waals surface area contributed by atoms with E-state index in [2.05, 4.69) is 44.1 Å². The lowest BCUT2D eigenvalue weighted by atomic mass is 9.94. The van der Waals surface area contributed by atoms with E-state index in [-0.39, 0.29) is 5.91 Å². The summed E-state index contributed by atoms with van der Waals surface area (Å²) in [5.41, 5.74) is 2.96. The molecule has 3 aliphatic rings. The largest absolute Gasteiger partial charge is 0.361 e. The highest BCUT2D eigenvalue weighted by Crippen LogP contribution is 2.30. The van der Waals surface area contributed by atoms with E-state index in [1.165, 1.54) is 22.9 Å². The lowest BCUT2D eigenvalue weighted by molar-refractivity contribution is 0.0729. The van der Waals surface area contributed by atoms with E-state index < -0.39 is 0 Å². The summed E-state index contributed by atoms with van der Waals surface area (Å²) in [5, 5.41) is 1.26. The van der Waals surface area contributed by atoms with Gasteiger partial charge in [-0.3, -0.25) is 14.7 Å². The number of hydrogen-bond donors (Lipinski definition) is 1. The van der Waals surface area contributed by atoms with E-state index in [9.17, 15) is 4.79 Å². The third kappa shape index (κ3) is 3.21. The molecule has 6 heteroatoms. The first-order valence-electron chi connectivity index (χ1n) is 9.61. The number of nitrogens with one attached hydrogen (secondary N) is 1. The zero-order valence-electron chi connectivity index (χ0n) is 15.2. The first kappa shape index (κ1) is 16.4. The minimum Gasteiger partial charge on any atom is -0.361 e.